The Bertz CT molecular complexity index is 511. The summed E-state index contributed by atoms with van der Waals surface area (Å²) in [5.74, 6) is 0.754. The van der Waals surface area contributed by atoms with Gasteiger partial charge in [-0.25, -0.2) is 0 Å². The summed E-state index contributed by atoms with van der Waals surface area (Å²) in [6.45, 7) is 8.91. The van der Waals surface area contributed by atoms with Gasteiger partial charge in [-0.1, -0.05) is 25.0 Å². The second-order valence-corrected chi connectivity index (χ2v) is 6.99. The van der Waals surface area contributed by atoms with Crippen molar-refractivity contribution in [3.8, 4) is 5.75 Å². The molecule has 1 amide bonds. The monoisotopic (exact) mass is 319 g/mol. The van der Waals surface area contributed by atoms with Gasteiger partial charge in [0.2, 0.25) is 0 Å². The fourth-order valence-electron chi connectivity index (χ4n) is 3.81. The fourth-order valence-corrected chi connectivity index (χ4v) is 3.81. The summed E-state index contributed by atoms with van der Waals surface area (Å²) >= 11 is 0. The minimum atomic E-state index is -0.196. The second-order valence-electron chi connectivity index (χ2n) is 6.99. The van der Waals surface area contributed by atoms with Gasteiger partial charge >= 0.3 is 0 Å². The highest BCUT2D eigenvalue weighted by atomic mass is 16.3. The first kappa shape index (κ1) is 17.8. The van der Waals surface area contributed by atoms with Gasteiger partial charge in [0.1, 0.15) is 5.75 Å². The van der Waals surface area contributed by atoms with Crippen LogP contribution in [0.2, 0.25) is 0 Å². The Labute approximate surface area is 139 Å². The molecule has 0 bridgehead atoms. The number of hydrogen-bond donors (Lipinski definition) is 3. The lowest BCUT2D eigenvalue weighted by Gasteiger charge is -2.42. The number of aromatic hydroxyl groups is 1. The number of amides is 1. The third kappa shape index (κ3) is 4.47. The van der Waals surface area contributed by atoms with Crippen molar-refractivity contribution in [2.75, 3.05) is 19.6 Å². The molecule has 1 aromatic carbocycles. The minimum absolute atomic E-state index is 0.150. The number of likely N-dealkylation sites (N-methyl/N-ethyl adjacent to an activating group) is 1. The molecule has 128 valence electrons. The van der Waals surface area contributed by atoms with Crippen molar-refractivity contribution in [2.24, 2.45) is 0 Å². The van der Waals surface area contributed by atoms with Crippen LogP contribution in [0.3, 0.4) is 0 Å². The average Bonchev–Trinajstić information content (AvgIpc) is 2.53. The fraction of sp³-hybridized carbons (Fsp3) is 0.632. The van der Waals surface area contributed by atoms with E-state index in [-0.39, 0.29) is 11.4 Å². The minimum Gasteiger partial charge on any atom is -0.508 e. The highest BCUT2D eigenvalue weighted by Crippen LogP contribution is 2.41. The van der Waals surface area contributed by atoms with Gasteiger partial charge in [-0.05, 0) is 51.3 Å². The van der Waals surface area contributed by atoms with E-state index in [0.29, 0.717) is 18.2 Å². The van der Waals surface area contributed by atoms with Crippen molar-refractivity contribution in [2.45, 2.75) is 57.9 Å². The molecule has 4 nitrogen and oxygen atoms in total. The highest BCUT2D eigenvalue weighted by Gasteiger charge is 2.39. The smallest absolute Gasteiger partial charge is 0.275 e. The summed E-state index contributed by atoms with van der Waals surface area (Å²) < 4.78 is 0. The molecule has 0 aromatic heterocycles. The second kappa shape index (κ2) is 7.82. The molecule has 0 heterocycles. The zero-order chi connectivity index (χ0) is 16.9. The lowest BCUT2D eigenvalue weighted by molar-refractivity contribution is -0.888. The number of rotatable bonds is 6. The van der Waals surface area contributed by atoms with Crippen LogP contribution < -0.4 is 10.2 Å². The molecule has 1 saturated carbocycles. The third-order valence-electron chi connectivity index (χ3n) is 5.34. The van der Waals surface area contributed by atoms with Crippen LogP contribution in [-0.2, 0) is 4.79 Å². The van der Waals surface area contributed by atoms with Crippen LogP contribution in [0.4, 0.5) is 0 Å². The van der Waals surface area contributed by atoms with Crippen molar-refractivity contribution in [1.82, 2.24) is 5.32 Å². The summed E-state index contributed by atoms with van der Waals surface area (Å²) in [5, 5.41) is 12.8. The molecule has 0 aliphatic heterocycles. The van der Waals surface area contributed by atoms with Crippen molar-refractivity contribution >= 4 is 5.91 Å². The van der Waals surface area contributed by atoms with Crippen LogP contribution in [-0.4, -0.2) is 36.2 Å². The zero-order valence-corrected chi connectivity index (χ0v) is 14.7. The highest BCUT2D eigenvalue weighted by molar-refractivity contribution is 5.77. The molecule has 2 rings (SSSR count). The number of phenolic OH excluding ortho intramolecular Hbond substituents is 1. The van der Waals surface area contributed by atoms with Crippen LogP contribution in [0.15, 0.2) is 24.3 Å². The van der Waals surface area contributed by atoms with Gasteiger partial charge in [-0.15, -0.1) is 0 Å². The predicted octanol–water partition coefficient (Wildman–Crippen LogP) is 1.85. The molecule has 0 spiro atoms. The van der Waals surface area contributed by atoms with E-state index in [9.17, 15) is 9.90 Å². The molecule has 3 N–H and O–H groups in total. The number of carbonyl (C=O) groups is 1. The molecule has 1 fully saturated rings. The van der Waals surface area contributed by atoms with Crippen molar-refractivity contribution in [3.63, 3.8) is 0 Å². The molecule has 4 heteroatoms. The van der Waals surface area contributed by atoms with Crippen LogP contribution >= 0.6 is 0 Å². The van der Waals surface area contributed by atoms with Crippen LogP contribution in [0.1, 0.15) is 57.9 Å². The normalized spacial score (nSPS) is 24.6. The molecule has 0 saturated heterocycles. The van der Waals surface area contributed by atoms with Gasteiger partial charge in [-0.2, -0.15) is 0 Å². The van der Waals surface area contributed by atoms with Gasteiger partial charge in [0, 0.05) is 11.5 Å². The van der Waals surface area contributed by atoms with E-state index in [0.717, 1.165) is 32.4 Å². The molecular weight excluding hydrogens is 288 g/mol. The Morgan fingerprint density at radius 3 is 2.52 bits per heavy atom. The first-order valence-corrected chi connectivity index (χ1v) is 8.92. The molecule has 1 aromatic rings. The van der Waals surface area contributed by atoms with E-state index < -0.39 is 0 Å². The lowest BCUT2D eigenvalue weighted by Crippen LogP contribution is -3.12. The molecule has 1 aliphatic rings. The third-order valence-corrected chi connectivity index (χ3v) is 5.34. The first-order valence-electron chi connectivity index (χ1n) is 8.92. The maximum atomic E-state index is 12.5. The number of hydrogen-bond acceptors (Lipinski definition) is 2. The number of phenols is 1. The Hall–Kier alpha value is -1.55. The SMILES string of the molecule is CC[NH+](CC)CC(=O)N[C@]1(C)CCCC[C@H]1c1ccc(O)cc1. The number of quaternary nitrogens is 1. The summed E-state index contributed by atoms with van der Waals surface area (Å²) in [4.78, 5) is 13.8. The average molecular weight is 319 g/mol. The molecule has 23 heavy (non-hydrogen) atoms. The predicted molar refractivity (Wildman–Crippen MR) is 92.8 cm³/mol. The van der Waals surface area contributed by atoms with Gasteiger partial charge in [0.05, 0.1) is 13.1 Å². The topological polar surface area (TPSA) is 53.8 Å². The van der Waals surface area contributed by atoms with Crippen molar-refractivity contribution < 1.29 is 14.8 Å². The van der Waals surface area contributed by atoms with Crippen LogP contribution in [0, 0.1) is 0 Å². The molecular formula is C19H31N2O2+. The Kier molecular flexibility index (Phi) is 6.05. The number of carbonyl (C=O) groups excluding carboxylic acids is 1. The maximum Gasteiger partial charge on any atom is 0.275 e. The molecule has 2 atom stereocenters. The lowest BCUT2D eigenvalue weighted by atomic mass is 9.70. The standard InChI is InChI=1S/C19H30N2O2/c1-4-21(5-2)14-18(23)20-19(3)13-7-6-8-17(19)15-9-11-16(22)12-10-15/h9-12,17,22H,4-8,13-14H2,1-3H3,(H,20,23)/p+1/t17-,19+/m0/s1. The number of benzene rings is 1. The molecule has 1 aliphatic carbocycles. The van der Waals surface area contributed by atoms with Gasteiger partial charge in [0.15, 0.2) is 6.54 Å². The van der Waals surface area contributed by atoms with E-state index in [2.05, 4.69) is 26.1 Å². The van der Waals surface area contributed by atoms with E-state index in [1.165, 1.54) is 16.9 Å². The van der Waals surface area contributed by atoms with Crippen LogP contribution in [0.5, 0.6) is 5.75 Å². The van der Waals surface area contributed by atoms with Gasteiger partial charge in [0.25, 0.3) is 5.91 Å². The molecule has 0 unspecified atom stereocenters. The summed E-state index contributed by atoms with van der Waals surface area (Å²) in [5.41, 5.74) is 1.01. The summed E-state index contributed by atoms with van der Waals surface area (Å²) in [6.07, 6.45) is 4.44. The summed E-state index contributed by atoms with van der Waals surface area (Å²) in [7, 11) is 0. The van der Waals surface area contributed by atoms with Crippen LogP contribution in [0.25, 0.3) is 0 Å². The van der Waals surface area contributed by atoms with E-state index >= 15 is 0 Å². The van der Waals surface area contributed by atoms with E-state index in [1.807, 2.05) is 12.1 Å². The van der Waals surface area contributed by atoms with Gasteiger partial charge < -0.3 is 15.3 Å². The quantitative estimate of drug-likeness (QED) is 0.749. The van der Waals surface area contributed by atoms with E-state index in [1.54, 1.807) is 12.1 Å². The largest absolute Gasteiger partial charge is 0.508 e. The van der Waals surface area contributed by atoms with Gasteiger partial charge in [-0.3, -0.25) is 4.79 Å². The van der Waals surface area contributed by atoms with Crippen molar-refractivity contribution in [3.05, 3.63) is 29.8 Å². The Morgan fingerprint density at radius 1 is 1.26 bits per heavy atom. The number of nitrogens with one attached hydrogen (secondary N) is 2. The molecule has 0 radical (unpaired) electrons. The first-order chi connectivity index (χ1) is 11.0. The van der Waals surface area contributed by atoms with Crippen molar-refractivity contribution in [1.29, 1.82) is 0 Å². The Balaban J connectivity index is 2.12. The Morgan fingerprint density at radius 2 is 1.91 bits per heavy atom. The maximum absolute atomic E-state index is 12.5. The van der Waals surface area contributed by atoms with E-state index in [4.69, 9.17) is 0 Å². The zero-order valence-electron chi connectivity index (χ0n) is 14.7. The summed E-state index contributed by atoms with van der Waals surface area (Å²) in [6, 6.07) is 7.47.